The van der Waals surface area contributed by atoms with Crippen LogP contribution in [-0.2, 0) is 4.79 Å². The molecular formula is C11H25N3O. The fourth-order valence-corrected chi connectivity index (χ4v) is 1.35. The van der Waals surface area contributed by atoms with Crippen LogP contribution in [-0.4, -0.2) is 43.5 Å². The smallest absolute Gasteiger partial charge is 0.234 e. The molecule has 0 aromatic rings. The molecule has 0 bridgehead atoms. The molecule has 0 aliphatic rings. The molecule has 4 nitrogen and oxygen atoms in total. The van der Waals surface area contributed by atoms with E-state index >= 15 is 0 Å². The summed E-state index contributed by atoms with van der Waals surface area (Å²) >= 11 is 0. The number of nitrogens with zero attached hydrogens (tertiary/aromatic N) is 1. The van der Waals surface area contributed by atoms with Gasteiger partial charge in [-0.1, -0.05) is 20.8 Å². The first-order valence-corrected chi connectivity index (χ1v) is 5.79. The van der Waals surface area contributed by atoms with Gasteiger partial charge >= 0.3 is 0 Å². The van der Waals surface area contributed by atoms with Gasteiger partial charge in [0.2, 0.25) is 5.91 Å². The molecule has 0 atom stereocenters. The van der Waals surface area contributed by atoms with E-state index in [0.29, 0.717) is 19.0 Å². The van der Waals surface area contributed by atoms with Crippen molar-refractivity contribution in [3.8, 4) is 0 Å². The van der Waals surface area contributed by atoms with Gasteiger partial charge in [0.25, 0.3) is 0 Å². The van der Waals surface area contributed by atoms with Crippen molar-refractivity contribution in [2.24, 2.45) is 11.7 Å². The van der Waals surface area contributed by atoms with E-state index in [2.05, 4.69) is 31.0 Å². The first kappa shape index (κ1) is 14.4. The third-order valence-electron chi connectivity index (χ3n) is 2.06. The van der Waals surface area contributed by atoms with E-state index in [0.717, 1.165) is 26.1 Å². The molecule has 4 heteroatoms. The van der Waals surface area contributed by atoms with E-state index in [1.807, 2.05) is 0 Å². The molecule has 0 aromatic heterocycles. The number of rotatable bonds is 8. The fraction of sp³-hybridized carbons (Fsp3) is 0.909. The molecule has 15 heavy (non-hydrogen) atoms. The van der Waals surface area contributed by atoms with E-state index < -0.39 is 0 Å². The van der Waals surface area contributed by atoms with Crippen molar-refractivity contribution in [1.82, 2.24) is 10.2 Å². The van der Waals surface area contributed by atoms with Gasteiger partial charge in [-0.3, -0.25) is 9.69 Å². The molecule has 0 heterocycles. The van der Waals surface area contributed by atoms with Crippen molar-refractivity contribution in [3.05, 3.63) is 0 Å². The van der Waals surface area contributed by atoms with Gasteiger partial charge in [0.15, 0.2) is 0 Å². The minimum absolute atomic E-state index is 0.102. The van der Waals surface area contributed by atoms with E-state index in [-0.39, 0.29) is 5.91 Å². The van der Waals surface area contributed by atoms with Crippen molar-refractivity contribution < 1.29 is 4.79 Å². The zero-order valence-corrected chi connectivity index (χ0v) is 10.3. The molecule has 0 saturated heterocycles. The van der Waals surface area contributed by atoms with Crippen LogP contribution in [0, 0.1) is 5.92 Å². The number of carbonyl (C=O) groups excluding carboxylic acids is 1. The molecule has 1 amide bonds. The van der Waals surface area contributed by atoms with Crippen LogP contribution in [0.5, 0.6) is 0 Å². The van der Waals surface area contributed by atoms with E-state index in [9.17, 15) is 4.79 Å². The Labute approximate surface area is 93.2 Å². The third kappa shape index (κ3) is 8.39. The van der Waals surface area contributed by atoms with Crippen LogP contribution in [0.25, 0.3) is 0 Å². The maximum absolute atomic E-state index is 11.5. The monoisotopic (exact) mass is 215 g/mol. The van der Waals surface area contributed by atoms with Gasteiger partial charge in [-0.05, 0) is 18.9 Å². The highest BCUT2D eigenvalue weighted by atomic mass is 16.2. The Balaban J connectivity index is 3.77. The maximum atomic E-state index is 11.5. The molecule has 0 unspecified atom stereocenters. The Bertz CT molecular complexity index is 165. The Kier molecular flexibility index (Phi) is 8.33. The minimum atomic E-state index is 0.102. The molecule has 0 radical (unpaired) electrons. The summed E-state index contributed by atoms with van der Waals surface area (Å²) in [6, 6.07) is 0. The van der Waals surface area contributed by atoms with Crippen molar-refractivity contribution in [2.75, 3.05) is 32.7 Å². The van der Waals surface area contributed by atoms with Crippen LogP contribution in [0.3, 0.4) is 0 Å². The molecule has 3 N–H and O–H groups in total. The summed E-state index contributed by atoms with van der Waals surface area (Å²) in [6.45, 7) is 9.84. The zero-order valence-electron chi connectivity index (χ0n) is 10.3. The van der Waals surface area contributed by atoms with Gasteiger partial charge in [-0.2, -0.15) is 0 Å². The van der Waals surface area contributed by atoms with Crippen LogP contribution in [0.2, 0.25) is 0 Å². The summed E-state index contributed by atoms with van der Waals surface area (Å²) in [6.07, 6.45) is 1.05. The number of carbonyl (C=O) groups is 1. The number of amides is 1. The molecule has 0 fully saturated rings. The molecule has 0 spiro atoms. The lowest BCUT2D eigenvalue weighted by Gasteiger charge is -2.20. The summed E-state index contributed by atoms with van der Waals surface area (Å²) in [4.78, 5) is 13.6. The topological polar surface area (TPSA) is 58.4 Å². The number of hydrogen-bond acceptors (Lipinski definition) is 3. The average molecular weight is 215 g/mol. The highest BCUT2D eigenvalue weighted by molar-refractivity contribution is 5.77. The molecule has 0 rings (SSSR count). The van der Waals surface area contributed by atoms with Crippen molar-refractivity contribution in [2.45, 2.75) is 27.2 Å². The predicted octanol–water partition coefficient (Wildman–Crippen LogP) is 0.429. The minimum Gasteiger partial charge on any atom is -0.355 e. The second-order valence-electron chi connectivity index (χ2n) is 4.26. The summed E-state index contributed by atoms with van der Waals surface area (Å²) in [5.41, 5.74) is 5.48. The number of hydrogen-bond donors (Lipinski definition) is 2. The Morgan fingerprint density at radius 2 is 2.07 bits per heavy atom. The lowest BCUT2D eigenvalue weighted by Crippen LogP contribution is -2.40. The Morgan fingerprint density at radius 1 is 1.40 bits per heavy atom. The number of nitrogens with one attached hydrogen (secondary N) is 1. The fourth-order valence-electron chi connectivity index (χ4n) is 1.35. The van der Waals surface area contributed by atoms with Gasteiger partial charge in [0.05, 0.1) is 6.54 Å². The first-order valence-electron chi connectivity index (χ1n) is 5.79. The second-order valence-corrected chi connectivity index (χ2v) is 4.26. The molecular weight excluding hydrogens is 190 g/mol. The lowest BCUT2D eigenvalue weighted by atomic mass is 10.2. The second kappa shape index (κ2) is 8.68. The first-order chi connectivity index (χ1) is 7.10. The van der Waals surface area contributed by atoms with Crippen molar-refractivity contribution >= 4 is 5.91 Å². The molecule has 0 aromatic carbocycles. The van der Waals surface area contributed by atoms with E-state index in [4.69, 9.17) is 5.73 Å². The molecule has 0 saturated carbocycles. The zero-order chi connectivity index (χ0) is 11.7. The van der Waals surface area contributed by atoms with Crippen molar-refractivity contribution in [1.29, 1.82) is 0 Å². The van der Waals surface area contributed by atoms with Crippen LogP contribution in [0.1, 0.15) is 27.2 Å². The van der Waals surface area contributed by atoms with Gasteiger partial charge < -0.3 is 11.1 Å². The van der Waals surface area contributed by atoms with E-state index in [1.165, 1.54) is 0 Å². The largest absolute Gasteiger partial charge is 0.355 e. The number of nitrogens with two attached hydrogens (primary N) is 1. The summed E-state index contributed by atoms with van der Waals surface area (Å²) < 4.78 is 0. The molecule has 0 aliphatic heterocycles. The normalized spacial score (nSPS) is 11.1. The van der Waals surface area contributed by atoms with Crippen LogP contribution in [0.4, 0.5) is 0 Å². The van der Waals surface area contributed by atoms with Gasteiger partial charge in [0.1, 0.15) is 0 Å². The highest BCUT2D eigenvalue weighted by Crippen LogP contribution is 1.91. The third-order valence-corrected chi connectivity index (χ3v) is 2.06. The van der Waals surface area contributed by atoms with Crippen molar-refractivity contribution in [3.63, 3.8) is 0 Å². The SMILES string of the molecule is CCCN(CCN)CC(=O)NCC(C)C. The standard InChI is InChI=1S/C11H25N3O/c1-4-6-14(7-5-12)9-11(15)13-8-10(2)3/h10H,4-9,12H2,1-3H3,(H,13,15). The lowest BCUT2D eigenvalue weighted by molar-refractivity contribution is -0.122. The maximum Gasteiger partial charge on any atom is 0.234 e. The Hall–Kier alpha value is -0.610. The summed E-state index contributed by atoms with van der Waals surface area (Å²) in [5.74, 6) is 0.605. The predicted molar refractivity (Wildman–Crippen MR) is 63.6 cm³/mol. The summed E-state index contributed by atoms with van der Waals surface area (Å²) in [5, 5.41) is 2.91. The quantitative estimate of drug-likeness (QED) is 0.617. The van der Waals surface area contributed by atoms with Crippen LogP contribution in [0.15, 0.2) is 0 Å². The van der Waals surface area contributed by atoms with Crippen LogP contribution >= 0.6 is 0 Å². The Morgan fingerprint density at radius 3 is 2.53 bits per heavy atom. The highest BCUT2D eigenvalue weighted by Gasteiger charge is 2.08. The molecule has 0 aliphatic carbocycles. The molecule has 90 valence electrons. The van der Waals surface area contributed by atoms with Crippen LogP contribution < -0.4 is 11.1 Å². The average Bonchev–Trinajstić information content (AvgIpc) is 2.15. The van der Waals surface area contributed by atoms with Gasteiger partial charge in [-0.25, -0.2) is 0 Å². The van der Waals surface area contributed by atoms with Gasteiger partial charge in [-0.15, -0.1) is 0 Å². The summed E-state index contributed by atoms with van der Waals surface area (Å²) in [7, 11) is 0. The van der Waals surface area contributed by atoms with E-state index in [1.54, 1.807) is 0 Å². The van der Waals surface area contributed by atoms with Gasteiger partial charge in [0, 0.05) is 19.6 Å².